The minimum atomic E-state index is -0.0922. The monoisotopic (exact) mass is 376 g/mol. The highest BCUT2D eigenvalue weighted by Crippen LogP contribution is 2.34. The van der Waals surface area contributed by atoms with Crippen molar-refractivity contribution >= 4 is 46.4 Å². The third kappa shape index (κ3) is 2.77. The van der Waals surface area contributed by atoms with Crippen molar-refractivity contribution in [2.75, 3.05) is 5.32 Å². The summed E-state index contributed by atoms with van der Waals surface area (Å²) >= 11 is 18.2. The van der Waals surface area contributed by atoms with E-state index in [-0.39, 0.29) is 6.04 Å². The summed E-state index contributed by atoms with van der Waals surface area (Å²) in [4.78, 5) is 4.28. The van der Waals surface area contributed by atoms with Crippen molar-refractivity contribution in [1.29, 1.82) is 0 Å². The van der Waals surface area contributed by atoms with Gasteiger partial charge in [-0.05, 0) is 41.5 Å². The quantitative estimate of drug-likeness (QED) is 0.659. The predicted molar refractivity (Wildman–Crippen MR) is 97.7 cm³/mol. The molecule has 24 heavy (non-hydrogen) atoms. The molecule has 0 saturated heterocycles. The van der Waals surface area contributed by atoms with Gasteiger partial charge in [0.1, 0.15) is 12.4 Å². The molecule has 2 heterocycles. The van der Waals surface area contributed by atoms with Gasteiger partial charge in [0, 0.05) is 10.7 Å². The van der Waals surface area contributed by atoms with Crippen LogP contribution in [0.1, 0.15) is 17.2 Å². The van der Waals surface area contributed by atoms with Gasteiger partial charge in [-0.3, -0.25) is 0 Å². The number of rotatable bonds is 2. The van der Waals surface area contributed by atoms with E-state index in [9.17, 15) is 0 Å². The Morgan fingerprint density at radius 3 is 2.50 bits per heavy atom. The predicted octanol–water partition coefficient (Wildman–Crippen LogP) is 5.29. The van der Waals surface area contributed by atoms with Gasteiger partial charge in [-0.1, -0.05) is 53.0 Å². The SMILES string of the molecule is Clc1ccc([C@@H]2C=C(c3ccc(Cl)c(Cl)c3)Nc3ncnn32)cc1. The Morgan fingerprint density at radius 1 is 0.958 bits per heavy atom. The zero-order chi connectivity index (χ0) is 16.7. The molecule has 7 heteroatoms. The number of fused-ring (bicyclic) bond motifs is 1. The molecule has 120 valence electrons. The molecule has 0 aliphatic carbocycles. The van der Waals surface area contributed by atoms with E-state index in [1.165, 1.54) is 6.33 Å². The summed E-state index contributed by atoms with van der Waals surface area (Å²) in [5.41, 5.74) is 2.89. The van der Waals surface area contributed by atoms with Gasteiger partial charge in [0.15, 0.2) is 0 Å². The Bertz CT molecular complexity index is 931. The Hall–Kier alpha value is -2.01. The maximum atomic E-state index is 6.15. The summed E-state index contributed by atoms with van der Waals surface area (Å²) in [7, 11) is 0. The lowest BCUT2D eigenvalue weighted by Gasteiger charge is -2.24. The second kappa shape index (κ2) is 6.13. The van der Waals surface area contributed by atoms with Crippen LogP contribution in [0, 0.1) is 0 Å². The lowest BCUT2D eigenvalue weighted by Crippen LogP contribution is -2.20. The number of hydrogen-bond acceptors (Lipinski definition) is 3. The maximum Gasteiger partial charge on any atom is 0.226 e. The first-order valence-electron chi connectivity index (χ1n) is 7.21. The Balaban J connectivity index is 1.81. The molecule has 1 aliphatic rings. The molecule has 0 fully saturated rings. The molecule has 1 atom stereocenters. The minimum Gasteiger partial charge on any atom is -0.324 e. The van der Waals surface area contributed by atoms with Crippen molar-refractivity contribution in [3.05, 3.63) is 81.1 Å². The molecule has 4 rings (SSSR count). The Labute approximate surface area is 153 Å². The molecular weight excluding hydrogens is 367 g/mol. The fraction of sp³-hybridized carbons (Fsp3) is 0.0588. The Morgan fingerprint density at radius 2 is 1.75 bits per heavy atom. The van der Waals surface area contributed by atoms with Gasteiger partial charge in [-0.15, -0.1) is 0 Å². The van der Waals surface area contributed by atoms with Crippen LogP contribution in [0.15, 0.2) is 54.9 Å². The lowest BCUT2D eigenvalue weighted by atomic mass is 10.0. The molecule has 4 nitrogen and oxygen atoms in total. The van der Waals surface area contributed by atoms with Crippen LogP contribution in [-0.4, -0.2) is 14.8 Å². The molecule has 1 aliphatic heterocycles. The first kappa shape index (κ1) is 15.5. The van der Waals surface area contributed by atoms with E-state index in [2.05, 4.69) is 21.5 Å². The summed E-state index contributed by atoms with van der Waals surface area (Å²) in [6.07, 6.45) is 3.60. The molecular formula is C17H11Cl3N4. The van der Waals surface area contributed by atoms with Crippen LogP contribution in [0.2, 0.25) is 15.1 Å². The largest absolute Gasteiger partial charge is 0.324 e. The van der Waals surface area contributed by atoms with Gasteiger partial charge in [0.2, 0.25) is 5.95 Å². The summed E-state index contributed by atoms with van der Waals surface area (Å²) in [5, 5.41) is 9.31. The van der Waals surface area contributed by atoms with E-state index in [4.69, 9.17) is 34.8 Å². The van der Waals surface area contributed by atoms with Gasteiger partial charge in [0.05, 0.1) is 10.0 Å². The fourth-order valence-electron chi connectivity index (χ4n) is 2.66. The van der Waals surface area contributed by atoms with Crippen LogP contribution < -0.4 is 5.32 Å². The van der Waals surface area contributed by atoms with Crippen molar-refractivity contribution in [2.45, 2.75) is 6.04 Å². The summed E-state index contributed by atoms with van der Waals surface area (Å²) < 4.78 is 1.82. The maximum absolute atomic E-state index is 6.15. The van der Waals surface area contributed by atoms with E-state index in [1.807, 2.05) is 41.1 Å². The van der Waals surface area contributed by atoms with E-state index < -0.39 is 0 Å². The molecule has 1 aromatic heterocycles. The first-order chi connectivity index (χ1) is 11.6. The van der Waals surface area contributed by atoms with Crippen LogP contribution in [0.3, 0.4) is 0 Å². The molecule has 3 aromatic rings. The minimum absolute atomic E-state index is 0.0922. The molecule has 1 N–H and O–H groups in total. The van der Waals surface area contributed by atoms with E-state index in [0.717, 1.165) is 16.8 Å². The molecule has 0 saturated carbocycles. The van der Waals surface area contributed by atoms with Gasteiger partial charge in [-0.25, -0.2) is 4.68 Å². The summed E-state index contributed by atoms with van der Waals surface area (Å²) in [6.45, 7) is 0. The third-order valence-electron chi connectivity index (χ3n) is 3.85. The smallest absolute Gasteiger partial charge is 0.226 e. The van der Waals surface area contributed by atoms with Crippen LogP contribution >= 0.6 is 34.8 Å². The number of anilines is 1. The van der Waals surface area contributed by atoms with Crippen LogP contribution in [-0.2, 0) is 0 Å². The highest BCUT2D eigenvalue weighted by atomic mass is 35.5. The zero-order valence-corrected chi connectivity index (χ0v) is 14.5. The molecule has 0 bridgehead atoms. The number of nitrogens with zero attached hydrogens (tertiary/aromatic N) is 3. The van der Waals surface area contributed by atoms with Gasteiger partial charge >= 0.3 is 0 Å². The lowest BCUT2D eigenvalue weighted by molar-refractivity contribution is 0.612. The number of aromatic nitrogens is 3. The standard InChI is InChI=1S/C17H11Cl3N4/c18-12-4-1-10(2-5-12)16-8-15(23-17-21-9-22-24(16)17)11-3-6-13(19)14(20)7-11/h1-9,16H,(H,21,22,23)/t16-/m0/s1. The number of hydrogen-bond donors (Lipinski definition) is 1. The molecule has 2 aromatic carbocycles. The summed E-state index contributed by atoms with van der Waals surface area (Å²) in [6, 6.07) is 13.1. The molecule has 0 amide bonds. The van der Waals surface area contributed by atoms with Crippen LogP contribution in [0.25, 0.3) is 5.70 Å². The molecule has 0 spiro atoms. The average Bonchev–Trinajstić information content (AvgIpc) is 3.06. The van der Waals surface area contributed by atoms with Crippen LogP contribution in [0.5, 0.6) is 0 Å². The van der Waals surface area contributed by atoms with E-state index >= 15 is 0 Å². The first-order valence-corrected chi connectivity index (χ1v) is 8.34. The van der Waals surface area contributed by atoms with Gasteiger partial charge in [-0.2, -0.15) is 10.1 Å². The van der Waals surface area contributed by atoms with Gasteiger partial charge < -0.3 is 5.32 Å². The number of halogens is 3. The van der Waals surface area contributed by atoms with Crippen LogP contribution in [0.4, 0.5) is 5.95 Å². The topological polar surface area (TPSA) is 42.7 Å². The van der Waals surface area contributed by atoms with Crippen molar-refractivity contribution in [2.24, 2.45) is 0 Å². The van der Waals surface area contributed by atoms with Crippen molar-refractivity contribution < 1.29 is 0 Å². The van der Waals surface area contributed by atoms with E-state index in [1.54, 1.807) is 6.07 Å². The second-order valence-corrected chi connectivity index (χ2v) is 6.61. The third-order valence-corrected chi connectivity index (χ3v) is 4.84. The van der Waals surface area contributed by atoms with Crippen molar-refractivity contribution in [1.82, 2.24) is 14.8 Å². The number of nitrogens with one attached hydrogen (secondary N) is 1. The fourth-order valence-corrected chi connectivity index (χ4v) is 3.09. The molecule has 0 radical (unpaired) electrons. The average molecular weight is 378 g/mol. The van der Waals surface area contributed by atoms with Crippen molar-refractivity contribution in [3.63, 3.8) is 0 Å². The number of allylic oxidation sites excluding steroid dienone is 1. The highest BCUT2D eigenvalue weighted by molar-refractivity contribution is 6.42. The Kier molecular flexibility index (Phi) is 3.96. The highest BCUT2D eigenvalue weighted by Gasteiger charge is 2.23. The molecule has 0 unspecified atom stereocenters. The zero-order valence-electron chi connectivity index (χ0n) is 12.2. The normalized spacial score (nSPS) is 16.3. The number of benzene rings is 2. The van der Waals surface area contributed by atoms with Gasteiger partial charge in [0.25, 0.3) is 0 Å². The van der Waals surface area contributed by atoms with Crippen molar-refractivity contribution in [3.8, 4) is 0 Å². The second-order valence-electron chi connectivity index (χ2n) is 5.36. The summed E-state index contributed by atoms with van der Waals surface area (Å²) in [5.74, 6) is 0.665. The van der Waals surface area contributed by atoms with E-state index in [0.29, 0.717) is 21.0 Å².